The van der Waals surface area contributed by atoms with Crippen molar-refractivity contribution in [2.24, 2.45) is 0 Å². The van der Waals surface area contributed by atoms with Gasteiger partial charge in [-0.1, -0.05) is 11.6 Å². The van der Waals surface area contributed by atoms with E-state index in [-0.39, 0.29) is 0 Å². The molecule has 2 rings (SSSR count). The third kappa shape index (κ3) is 1.90. The lowest BCUT2D eigenvalue weighted by atomic mass is 10.1. The van der Waals surface area contributed by atoms with Crippen LogP contribution in [0.2, 0.25) is 5.15 Å². The molecule has 0 aliphatic carbocycles. The first-order valence-corrected chi connectivity index (χ1v) is 5.90. The Morgan fingerprint density at radius 2 is 1.93 bits per heavy atom. The van der Waals surface area contributed by atoms with Gasteiger partial charge in [0.2, 0.25) is 0 Å². The van der Waals surface area contributed by atoms with E-state index in [9.17, 15) is 0 Å². The fourth-order valence-corrected chi connectivity index (χ4v) is 2.40. The molecule has 0 radical (unpaired) electrons. The average Bonchev–Trinajstić information content (AvgIpc) is 2.58. The third-order valence-corrected chi connectivity index (χ3v) is 3.53. The van der Waals surface area contributed by atoms with Crippen molar-refractivity contribution in [3.05, 3.63) is 32.9 Å². The molecule has 0 atom stereocenters. The van der Waals surface area contributed by atoms with Gasteiger partial charge in [0, 0.05) is 16.0 Å². The molecule has 0 unspecified atom stereocenters. The quantitative estimate of drug-likeness (QED) is 0.707. The van der Waals surface area contributed by atoms with Crippen LogP contribution in [0.3, 0.4) is 0 Å². The van der Waals surface area contributed by atoms with Crippen LogP contribution in [0.4, 0.5) is 0 Å². The van der Waals surface area contributed by atoms with Crippen molar-refractivity contribution in [1.82, 2.24) is 9.97 Å². The van der Waals surface area contributed by atoms with Crippen molar-refractivity contribution in [2.45, 2.75) is 20.8 Å². The maximum Gasteiger partial charge on any atom is 0.136 e. The molecule has 0 saturated carbocycles. The minimum Gasteiger partial charge on any atom is -0.233 e. The fourth-order valence-electron chi connectivity index (χ4n) is 1.49. The summed E-state index contributed by atoms with van der Waals surface area (Å²) in [5.74, 6) is 0.714. The van der Waals surface area contributed by atoms with Crippen LogP contribution in [0.5, 0.6) is 0 Å². The van der Waals surface area contributed by atoms with Crippen LogP contribution < -0.4 is 0 Å². The molecule has 0 aliphatic rings. The lowest BCUT2D eigenvalue weighted by Crippen LogP contribution is -1.96. The maximum absolute atomic E-state index is 6.04. The number of aromatic nitrogens is 2. The van der Waals surface area contributed by atoms with Gasteiger partial charge < -0.3 is 0 Å². The highest BCUT2D eigenvalue weighted by molar-refractivity contribution is 7.10. The van der Waals surface area contributed by atoms with Gasteiger partial charge in [-0.2, -0.15) is 0 Å². The Kier molecular flexibility index (Phi) is 2.76. The highest BCUT2D eigenvalue weighted by Gasteiger charge is 2.11. The zero-order valence-electron chi connectivity index (χ0n) is 8.84. The topological polar surface area (TPSA) is 25.8 Å². The molecule has 0 amide bonds. The van der Waals surface area contributed by atoms with Crippen molar-refractivity contribution in [3.8, 4) is 11.3 Å². The third-order valence-electron chi connectivity index (χ3n) is 2.31. The summed E-state index contributed by atoms with van der Waals surface area (Å²) in [7, 11) is 0. The van der Waals surface area contributed by atoms with Crippen LogP contribution >= 0.6 is 22.9 Å². The van der Waals surface area contributed by atoms with E-state index in [1.807, 2.05) is 13.8 Å². The van der Waals surface area contributed by atoms with E-state index in [4.69, 9.17) is 11.6 Å². The number of aryl methyl sites for hydroxylation is 2. The molecule has 0 spiro atoms. The first kappa shape index (κ1) is 10.6. The van der Waals surface area contributed by atoms with Gasteiger partial charge in [0.05, 0.1) is 5.69 Å². The lowest BCUT2D eigenvalue weighted by molar-refractivity contribution is 1.04. The highest BCUT2D eigenvalue weighted by Crippen LogP contribution is 2.30. The summed E-state index contributed by atoms with van der Waals surface area (Å²) >= 11 is 7.76. The van der Waals surface area contributed by atoms with Crippen LogP contribution in [0.1, 0.15) is 16.3 Å². The minimum absolute atomic E-state index is 0.545. The summed E-state index contributed by atoms with van der Waals surface area (Å²) in [6.45, 7) is 5.90. The number of thiophene rings is 1. The van der Waals surface area contributed by atoms with Crippen LogP contribution in [0, 0.1) is 20.8 Å². The second-order valence-corrected chi connectivity index (χ2v) is 4.90. The summed E-state index contributed by atoms with van der Waals surface area (Å²) in [4.78, 5) is 9.84. The van der Waals surface area contributed by atoms with Crippen LogP contribution in [0.15, 0.2) is 11.4 Å². The minimum atomic E-state index is 0.545. The fraction of sp³-hybridized carbons (Fsp3) is 0.273. The van der Waals surface area contributed by atoms with Crippen molar-refractivity contribution in [3.63, 3.8) is 0 Å². The van der Waals surface area contributed by atoms with Gasteiger partial charge in [-0.3, -0.25) is 0 Å². The molecule has 2 aromatic rings. The Morgan fingerprint density at radius 3 is 2.53 bits per heavy atom. The zero-order chi connectivity index (χ0) is 11.0. The second kappa shape index (κ2) is 3.91. The molecular formula is C11H11ClN2S. The van der Waals surface area contributed by atoms with Crippen LogP contribution in [-0.2, 0) is 0 Å². The molecule has 0 bridgehead atoms. The standard InChI is InChI=1S/C11H11ClN2S/c1-6-10(9-4-5-15-7(9)2)13-8(3)14-11(6)12/h4-5H,1-3H3. The van der Waals surface area contributed by atoms with Gasteiger partial charge in [0.1, 0.15) is 11.0 Å². The molecule has 2 aromatic heterocycles. The predicted molar refractivity (Wildman–Crippen MR) is 64.6 cm³/mol. The van der Waals surface area contributed by atoms with Gasteiger partial charge in [-0.15, -0.1) is 11.3 Å². The zero-order valence-corrected chi connectivity index (χ0v) is 10.4. The van der Waals surface area contributed by atoms with Gasteiger partial charge in [-0.05, 0) is 32.2 Å². The maximum atomic E-state index is 6.04. The molecule has 0 aliphatic heterocycles. The van der Waals surface area contributed by atoms with Gasteiger partial charge in [0.25, 0.3) is 0 Å². The van der Waals surface area contributed by atoms with Crippen LogP contribution in [0.25, 0.3) is 11.3 Å². The number of nitrogens with zero attached hydrogens (tertiary/aromatic N) is 2. The first-order chi connectivity index (χ1) is 7.09. The molecule has 78 valence electrons. The van der Waals surface area contributed by atoms with E-state index in [1.54, 1.807) is 11.3 Å². The summed E-state index contributed by atoms with van der Waals surface area (Å²) in [6, 6.07) is 2.07. The molecule has 2 heterocycles. The SMILES string of the molecule is Cc1nc(Cl)c(C)c(-c2ccsc2C)n1. The first-order valence-electron chi connectivity index (χ1n) is 4.65. The van der Waals surface area contributed by atoms with E-state index in [2.05, 4.69) is 28.3 Å². The number of hydrogen-bond acceptors (Lipinski definition) is 3. The van der Waals surface area contributed by atoms with E-state index in [0.29, 0.717) is 11.0 Å². The molecule has 4 heteroatoms. The Balaban J connectivity index is 2.68. The molecule has 0 saturated heterocycles. The summed E-state index contributed by atoms with van der Waals surface area (Å²) in [6.07, 6.45) is 0. The predicted octanol–water partition coefficient (Wildman–Crippen LogP) is 3.78. The van der Waals surface area contributed by atoms with E-state index < -0.39 is 0 Å². The number of hydrogen-bond donors (Lipinski definition) is 0. The Labute approximate surface area is 98.0 Å². The molecule has 2 nitrogen and oxygen atoms in total. The average molecular weight is 239 g/mol. The van der Waals surface area contributed by atoms with Crippen molar-refractivity contribution in [2.75, 3.05) is 0 Å². The van der Waals surface area contributed by atoms with Gasteiger partial charge in [-0.25, -0.2) is 9.97 Å². The summed E-state index contributed by atoms with van der Waals surface area (Å²) < 4.78 is 0. The monoisotopic (exact) mass is 238 g/mol. The Hall–Kier alpha value is -0.930. The number of halogens is 1. The smallest absolute Gasteiger partial charge is 0.136 e. The van der Waals surface area contributed by atoms with Crippen LogP contribution in [-0.4, -0.2) is 9.97 Å². The van der Waals surface area contributed by atoms with Crippen molar-refractivity contribution >= 4 is 22.9 Å². The summed E-state index contributed by atoms with van der Waals surface area (Å²) in [5, 5.41) is 2.61. The largest absolute Gasteiger partial charge is 0.233 e. The second-order valence-electron chi connectivity index (χ2n) is 3.43. The summed E-state index contributed by atoms with van der Waals surface area (Å²) in [5.41, 5.74) is 3.06. The molecule has 15 heavy (non-hydrogen) atoms. The normalized spacial score (nSPS) is 10.7. The van der Waals surface area contributed by atoms with E-state index in [0.717, 1.165) is 16.8 Å². The molecule has 0 aromatic carbocycles. The highest BCUT2D eigenvalue weighted by atomic mass is 35.5. The van der Waals surface area contributed by atoms with E-state index >= 15 is 0 Å². The van der Waals surface area contributed by atoms with Crippen molar-refractivity contribution < 1.29 is 0 Å². The molecule has 0 fully saturated rings. The van der Waals surface area contributed by atoms with Crippen molar-refractivity contribution in [1.29, 1.82) is 0 Å². The van der Waals surface area contributed by atoms with E-state index in [1.165, 1.54) is 4.88 Å². The number of rotatable bonds is 1. The Bertz CT molecular complexity index is 505. The lowest BCUT2D eigenvalue weighted by Gasteiger charge is -2.06. The Morgan fingerprint density at radius 1 is 1.20 bits per heavy atom. The molecule has 0 N–H and O–H groups in total. The van der Waals surface area contributed by atoms with Gasteiger partial charge >= 0.3 is 0 Å². The molecular weight excluding hydrogens is 228 g/mol. The van der Waals surface area contributed by atoms with Gasteiger partial charge in [0.15, 0.2) is 0 Å².